The second-order valence-electron chi connectivity index (χ2n) is 6.87. The zero-order valence-corrected chi connectivity index (χ0v) is 12.6. The van der Waals surface area contributed by atoms with E-state index in [1.807, 2.05) is 0 Å². The SMILES string of the molecule is Fc1ccc([C@H]2CCN(CCC3=CC4CC4C=C3)C2)cc1F. The van der Waals surface area contributed by atoms with Crippen molar-refractivity contribution in [1.29, 1.82) is 0 Å². The van der Waals surface area contributed by atoms with Gasteiger partial charge < -0.3 is 4.90 Å². The van der Waals surface area contributed by atoms with Crippen molar-refractivity contribution in [3.05, 3.63) is 59.2 Å². The van der Waals surface area contributed by atoms with Gasteiger partial charge in [0.2, 0.25) is 0 Å². The number of benzene rings is 1. The van der Waals surface area contributed by atoms with Crippen molar-refractivity contribution < 1.29 is 8.78 Å². The Balaban J connectivity index is 1.32. The van der Waals surface area contributed by atoms with E-state index in [0.717, 1.165) is 49.9 Å². The second-order valence-corrected chi connectivity index (χ2v) is 6.87. The Morgan fingerprint density at radius 2 is 2.05 bits per heavy atom. The van der Waals surface area contributed by atoms with Gasteiger partial charge in [-0.3, -0.25) is 0 Å². The molecule has 3 atom stereocenters. The van der Waals surface area contributed by atoms with Gasteiger partial charge in [-0.05, 0) is 61.3 Å². The van der Waals surface area contributed by atoms with Crippen molar-refractivity contribution in [3.63, 3.8) is 0 Å². The Morgan fingerprint density at radius 1 is 1.14 bits per heavy atom. The van der Waals surface area contributed by atoms with Crippen LogP contribution in [-0.4, -0.2) is 24.5 Å². The summed E-state index contributed by atoms with van der Waals surface area (Å²) in [6.07, 6.45) is 10.6. The summed E-state index contributed by atoms with van der Waals surface area (Å²) in [4.78, 5) is 2.44. The maximum atomic E-state index is 13.4. The van der Waals surface area contributed by atoms with Crippen LogP contribution in [0.1, 0.15) is 30.7 Å². The molecule has 2 aliphatic carbocycles. The molecule has 116 valence electrons. The van der Waals surface area contributed by atoms with Crippen LogP contribution in [0.5, 0.6) is 0 Å². The van der Waals surface area contributed by atoms with Gasteiger partial charge in [-0.15, -0.1) is 0 Å². The molecule has 1 saturated carbocycles. The molecular weight excluding hydrogens is 280 g/mol. The van der Waals surface area contributed by atoms with Crippen LogP contribution in [-0.2, 0) is 0 Å². The summed E-state index contributed by atoms with van der Waals surface area (Å²) in [6, 6.07) is 4.34. The molecular formula is C19H21F2N. The van der Waals surface area contributed by atoms with Crippen molar-refractivity contribution in [3.8, 4) is 0 Å². The number of nitrogens with zero attached hydrogens (tertiary/aromatic N) is 1. The zero-order chi connectivity index (χ0) is 15.1. The van der Waals surface area contributed by atoms with Gasteiger partial charge in [-0.2, -0.15) is 0 Å². The highest BCUT2D eigenvalue weighted by Crippen LogP contribution is 2.44. The van der Waals surface area contributed by atoms with E-state index in [4.69, 9.17) is 0 Å². The Hall–Kier alpha value is -1.48. The monoisotopic (exact) mass is 301 g/mol. The molecule has 0 amide bonds. The molecule has 1 nitrogen and oxygen atoms in total. The van der Waals surface area contributed by atoms with Gasteiger partial charge in [-0.25, -0.2) is 8.78 Å². The van der Waals surface area contributed by atoms with E-state index in [9.17, 15) is 8.78 Å². The molecule has 0 radical (unpaired) electrons. The fraction of sp³-hybridized carbons (Fsp3) is 0.474. The average molecular weight is 301 g/mol. The molecule has 0 bridgehead atoms. The molecule has 0 spiro atoms. The third-order valence-electron chi connectivity index (χ3n) is 5.28. The van der Waals surface area contributed by atoms with Gasteiger partial charge in [-0.1, -0.05) is 29.9 Å². The van der Waals surface area contributed by atoms with Crippen molar-refractivity contribution in [2.75, 3.05) is 19.6 Å². The molecule has 3 aliphatic rings. The summed E-state index contributed by atoms with van der Waals surface area (Å²) in [5.74, 6) is 0.487. The zero-order valence-electron chi connectivity index (χ0n) is 12.6. The Kier molecular flexibility index (Phi) is 3.61. The van der Waals surface area contributed by atoms with Crippen LogP contribution in [0.4, 0.5) is 8.78 Å². The number of hydrogen-bond acceptors (Lipinski definition) is 1. The first-order valence-electron chi connectivity index (χ1n) is 8.25. The highest BCUT2D eigenvalue weighted by atomic mass is 19.2. The Bertz CT molecular complexity index is 634. The predicted octanol–water partition coefficient (Wildman–Crippen LogP) is 4.28. The summed E-state index contributed by atoms with van der Waals surface area (Å²) >= 11 is 0. The smallest absolute Gasteiger partial charge is 0.159 e. The molecule has 4 rings (SSSR count). The molecule has 0 aromatic heterocycles. The topological polar surface area (TPSA) is 3.24 Å². The Morgan fingerprint density at radius 3 is 2.86 bits per heavy atom. The van der Waals surface area contributed by atoms with E-state index in [2.05, 4.69) is 23.1 Å². The number of likely N-dealkylation sites (tertiary alicyclic amines) is 1. The van der Waals surface area contributed by atoms with Crippen LogP contribution in [0.3, 0.4) is 0 Å². The highest BCUT2D eigenvalue weighted by molar-refractivity contribution is 5.31. The van der Waals surface area contributed by atoms with Crippen LogP contribution in [0.2, 0.25) is 0 Å². The van der Waals surface area contributed by atoms with E-state index >= 15 is 0 Å². The van der Waals surface area contributed by atoms with E-state index < -0.39 is 11.6 Å². The van der Waals surface area contributed by atoms with Gasteiger partial charge in [0, 0.05) is 13.1 Å². The van der Waals surface area contributed by atoms with Crippen LogP contribution in [0.25, 0.3) is 0 Å². The van der Waals surface area contributed by atoms with Gasteiger partial charge >= 0.3 is 0 Å². The molecule has 1 heterocycles. The maximum Gasteiger partial charge on any atom is 0.159 e. The van der Waals surface area contributed by atoms with Crippen LogP contribution < -0.4 is 0 Å². The van der Waals surface area contributed by atoms with Crippen molar-refractivity contribution >= 4 is 0 Å². The average Bonchev–Trinajstić information content (AvgIpc) is 3.14. The minimum atomic E-state index is -0.756. The first-order chi connectivity index (χ1) is 10.7. The highest BCUT2D eigenvalue weighted by Gasteiger charge is 2.34. The molecule has 2 fully saturated rings. The maximum absolute atomic E-state index is 13.4. The lowest BCUT2D eigenvalue weighted by Crippen LogP contribution is -2.22. The molecule has 2 unspecified atom stereocenters. The van der Waals surface area contributed by atoms with Crippen LogP contribution >= 0.6 is 0 Å². The molecule has 1 aromatic rings. The van der Waals surface area contributed by atoms with Crippen LogP contribution in [0.15, 0.2) is 42.0 Å². The number of halogens is 2. The van der Waals surface area contributed by atoms with E-state index in [-0.39, 0.29) is 0 Å². The molecule has 22 heavy (non-hydrogen) atoms. The summed E-state index contributed by atoms with van der Waals surface area (Å²) < 4.78 is 26.4. The van der Waals surface area contributed by atoms with Gasteiger partial charge in [0.25, 0.3) is 0 Å². The first kappa shape index (κ1) is 14.1. The lowest BCUT2D eigenvalue weighted by molar-refractivity contribution is 0.339. The normalized spacial score (nSPS) is 30.3. The Labute approximate surface area is 130 Å². The summed E-state index contributed by atoms with van der Waals surface area (Å²) in [5, 5.41) is 0. The summed E-state index contributed by atoms with van der Waals surface area (Å²) in [7, 11) is 0. The lowest BCUT2D eigenvalue weighted by atomic mass is 9.98. The molecule has 1 aromatic carbocycles. The van der Waals surface area contributed by atoms with Crippen LogP contribution in [0, 0.1) is 23.5 Å². The standard InChI is InChI=1S/C19H21F2N/c20-18-4-3-15(11-19(18)21)16-6-8-22(12-16)7-5-13-1-2-14-10-17(14)9-13/h1-4,9,11,14,16-17H,5-8,10,12H2/t14?,16-,17?/m0/s1. The second kappa shape index (κ2) is 5.62. The van der Waals surface area contributed by atoms with Crippen molar-refractivity contribution in [1.82, 2.24) is 4.90 Å². The summed E-state index contributed by atoms with van der Waals surface area (Å²) in [5.41, 5.74) is 2.40. The quantitative estimate of drug-likeness (QED) is 0.802. The van der Waals surface area contributed by atoms with E-state index in [0.29, 0.717) is 5.92 Å². The largest absolute Gasteiger partial charge is 0.302 e. The fourth-order valence-corrected chi connectivity index (χ4v) is 3.75. The summed E-state index contributed by atoms with van der Waals surface area (Å²) in [6.45, 7) is 3.06. The minimum absolute atomic E-state index is 0.332. The van der Waals surface area contributed by atoms with Gasteiger partial charge in [0.15, 0.2) is 11.6 Å². The lowest BCUT2D eigenvalue weighted by Gasteiger charge is -2.17. The molecule has 3 heteroatoms. The molecule has 1 aliphatic heterocycles. The van der Waals surface area contributed by atoms with Crippen molar-refractivity contribution in [2.24, 2.45) is 11.8 Å². The fourth-order valence-electron chi connectivity index (χ4n) is 3.75. The van der Waals surface area contributed by atoms with Gasteiger partial charge in [0.05, 0.1) is 0 Å². The third kappa shape index (κ3) is 2.87. The predicted molar refractivity (Wildman–Crippen MR) is 83.6 cm³/mol. The number of hydrogen-bond donors (Lipinski definition) is 0. The van der Waals surface area contributed by atoms with E-state index in [1.165, 1.54) is 24.1 Å². The number of allylic oxidation sites excluding steroid dienone is 3. The number of fused-ring (bicyclic) bond motifs is 1. The number of rotatable bonds is 4. The van der Waals surface area contributed by atoms with Crippen molar-refractivity contribution in [2.45, 2.75) is 25.2 Å². The third-order valence-corrected chi connectivity index (χ3v) is 5.28. The first-order valence-corrected chi connectivity index (χ1v) is 8.25. The molecule has 1 saturated heterocycles. The molecule has 0 N–H and O–H groups in total. The van der Waals surface area contributed by atoms with Gasteiger partial charge in [0.1, 0.15) is 0 Å². The minimum Gasteiger partial charge on any atom is -0.302 e. The van der Waals surface area contributed by atoms with E-state index in [1.54, 1.807) is 6.07 Å².